The second kappa shape index (κ2) is 8.93. The highest BCUT2D eigenvalue weighted by atomic mass is 32.2. The Morgan fingerprint density at radius 1 is 1.25 bits per heavy atom. The first-order chi connectivity index (χ1) is 13.6. The van der Waals surface area contributed by atoms with E-state index in [2.05, 4.69) is 19.2 Å². The summed E-state index contributed by atoms with van der Waals surface area (Å²) in [4.78, 5) is 25.8. The summed E-state index contributed by atoms with van der Waals surface area (Å²) in [5.41, 5.74) is 1.25. The summed E-state index contributed by atoms with van der Waals surface area (Å²) in [6.45, 7) is 4.88. The highest BCUT2D eigenvalue weighted by Crippen LogP contribution is 2.38. The second-order valence-electron chi connectivity index (χ2n) is 7.33. The molecule has 0 saturated heterocycles. The molecule has 7 heteroatoms. The first-order valence-electron chi connectivity index (χ1n) is 9.81. The first kappa shape index (κ1) is 19.9. The molecule has 148 valence electrons. The van der Waals surface area contributed by atoms with Gasteiger partial charge in [0.1, 0.15) is 15.7 Å². The standard InChI is InChI=1S/C21H25N3OS3/c1-13-14(2)28-21-18(13)20(23-19(24-21)15-7-4-3-5-8-15)27-12-17(25)22-11-16-9-6-10-26-16/h6,9-10,15H,3-5,7-8,11-12H2,1-2H3,(H,22,25). The molecular formula is C21H25N3OS3. The predicted molar refractivity (Wildman–Crippen MR) is 120 cm³/mol. The molecule has 1 N–H and O–H groups in total. The number of aromatic nitrogens is 2. The molecule has 0 radical (unpaired) electrons. The largest absolute Gasteiger partial charge is 0.350 e. The van der Waals surface area contributed by atoms with Crippen LogP contribution in [0.25, 0.3) is 10.2 Å². The van der Waals surface area contributed by atoms with Crippen molar-refractivity contribution in [3.63, 3.8) is 0 Å². The third kappa shape index (κ3) is 4.42. The van der Waals surface area contributed by atoms with E-state index in [0.717, 1.165) is 21.1 Å². The third-order valence-corrected chi connectivity index (χ3v) is 8.32. The molecule has 1 amide bonds. The fourth-order valence-electron chi connectivity index (χ4n) is 3.66. The molecule has 1 aliphatic carbocycles. The molecule has 1 aliphatic rings. The number of thioether (sulfide) groups is 1. The van der Waals surface area contributed by atoms with E-state index < -0.39 is 0 Å². The highest BCUT2D eigenvalue weighted by Gasteiger charge is 2.22. The number of carbonyl (C=O) groups excluding carboxylic acids is 1. The lowest BCUT2D eigenvalue weighted by Gasteiger charge is -2.20. The van der Waals surface area contributed by atoms with Gasteiger partial charge >= 0.3 is 0 Å². The average molecular weight is 432 g/mol. The maximum atomic E-state index is 12.4. The summed E-state index contributed by atoms with van der Waals surface area (Å²) >= 11 is 4.96. The number of hydrogen-bond acceptors (Lipinski definition) is 6. The van der Waals surface area contributed by atoms with E-state index in [1.54, 1.807) is 34.4 Å². The number of amides is 1. The van der Waals surface area contributed by atoms with Gasteiger partial charge in [-0.3, -0.25) is 4.79 Å². The van der Waals surface area contributed by atoms with Crippen molar-refractivity contribution in [3.8, 4) is 0 Å². The molecule has 0 aromatic carbocycles. The van der Waals surface area contributed by atoms with Crippen molar-refractivity contribution < 1.29 is 4.79 Å². The minimum absolute atomic E-state index is 0.0500. The number of aryl methyl sites for hydroxylation is 2. The number of nitrogens with one attached hydrogen (secondary N) is 1. The van der Waals surface area contributed by atoms with E-state index in [9.17, 15) is 4.79 Å². The van der Waals surface area contributed by atoms with Crippen molar-refractivity contribution >= 4 is 50.6 Å². The molecule has 28 heavy (non-hydrogen) atoms. The first-order valence-corrected chi connectivity index (χ1v) is 12.5. The van der Waals surface area contributed by atoms with Gasteiger partial charge in [0.05, 0.1) is 12.3 Å². The Labute approximate surface area is 178 Å². The molecule has 1 fully saturated rings. The summed E-state index contributed by atoms with van der Waals surface area (Å²) in [6.07, 6.45) is 6.22. The lowest BCUT2D eigenvalue weighted by Crippen LogP contribution is -2.24. The SMILES string of the molecule is Cc1sc2nc(C3CCCCC3)nc(SCC(=O)NCc3cccs3)c2c1C. The zero-order valence-corrected chi connectivity index (χ0v) is 18.7. The maximum absolute atomic E-state index is 12.4. The van der Waals surface area contributed by atoms with Crippen LogP contribution >= 0.6 is 34.4 Å². The Balaban J connectivity index is 1.53. The molecule has 3 aromatic heterocycles. The summed E-state index contributed by atoms with van der Waals surface area (Å²) in [6, 6.07) is 4.05. The van der Waals surface area contributed by atoms with E-state index in [1.165, 1.54) is 47.4 Å². The summed E-state index contributed by atoms with van der Waals surface area (Å²) < 4.78 is 0. The van der Waals surface area contributed by atoms with Crippen LogP contribution in [0.5, 0.6) is 0 Å². The van der Waals surface area contributed by atoms with Crippen LogP contribution in [0.1, 0.15) is 59.2 Å². The van der Waals surface area contributed by atoms with Gasteiger partial charge in [-0.1, -0.05) is 37.1 Å². The van der Waals surface area contributed by atoms with Gasteiger partial charge in [-0.05, 0) is 43.7 Å². The molecule has 1 saturated carbocycles. The summed E-state index contributed by atoms with van der Waals surface area (Å²) in [5, 5.41) is 7.15. The quantitative estimate of drug-likeness (QED) is 0.394. The Hall–Kier alpha value is -1.44. The van der Waals surface area contributed by atoms with E-state index in [1.807, 2.05) is 17.5 Å². The predicted octanol–water partition coefficient (Wildman–Crippen LogP) is 5.83. The molecule has 0 bridgehead atoms. The molecule has 3 heterocycles. The van der Waals surface area contributed by atoms with Gasteiger partial charge in [-0.15, -0.1) is 22.7 Å². The molecule has 0 aliphatic heterocycles. The van der Waals surface area contributed by atoms with Crippen LogP contribution in [-0.2, 0) is 11.3 Å². The molecule has 3 aromatic rings. The Morgan fingerprint density at radius 2 is 2.07 bits per heavy atom. The van der Waals surface area contributed by atoms with Gasteiger partial charge < -0.3 is 5.32 Å². The lowest BCUT2D eigenvalue weighted by atomic mass is 9.89. The average Bonchev–Trinajstić information content (AvgIpc) is 3.33. The molecule has 0 unspecified atom stereocenters. The monoisotopic (exact) mass is 431 g/mol. The van der Waals surface area contributed by atoms with Gasteiger partial charge in [0.2, 0.25) is 5.91 Å². The van der Waals surface area contributed by atoms with E-state index in [0.29, 0.717) is 18.2 Å². The molecular weight excluding hydrogens is 406 g/mol. The number of carbonyl (C=O) groups is 1. The van der Waals surface area contributed by atoms with Gasteiger partial charge in [0.25, 0.3) is 0 Å². The molecule has 0 spiro atoms. The fourth-order valence-corrected chi connectivity index (χ4v) is 6.33. The topological polar surface area (TPSA) is 54.9 Å². The van der Waals surface area contributed by atoms with Crippen LogP contribution in [0, 0.1) is 13.8 Å². The fraction of sp³-hybridized carbons (Fsp3) is 0.476. The van der Waals surface area contributed by atoms with Crippen LogP contribution < -0.4 is 5.32 Å². The van der Waals surface area contributed by atoms with E-state index in [-0.39, 0.29) is 5.91 Å². The maximum Gasteiger partial charge on any atom is 0.230 e. The van der Waals surface area contributed by atoms with Crippen molar-refractivity contribution in [2.24, 2.45) is 0 Å². The van der Waals surface area contributed by atoms with Crippen LogP contribution in [0.2, 0.25) is 0 Å². The zero-order valence-electron chi connectivity index (χ0n) is 16.3. The molecule has 0 atom stereocenters. The Kier molecular flexibility index (Phi) is 6.33. The smallest absolute Gasteiger partial charge is 0.230 e. The van der Waals surface area contributed by atoms with Crippen LogP contribution in [0.4, 0.5) is 0 Å². The van der Waals surface area contributed by atoms with Gasteiger partial charge in [0, 0.05) is 21.1 Å². The van der Waals surface area contributed by atoms with Crippen molar-refractivity contribution in [1.82, 2.24) is 15.3 Å². The van der Waals surface area contributed by atoms with Gasteiger partial charge in [-0.2, -0.15) is 0 Å². The number of rotatable bonds is 6. The summed E-state index contributed by atoms with van der Waals surface area (Å²) in [7, 11) is 0. The lowest BCUT2D eigenvalue weighted by molar-refractivity contribution is -0.118. The summed E-state index contributed by atoms with van der Waals surface area (Å²) in [5.74, 6) is 1.88. The van der Waals surface area contributed by atoms with E-state index in [4.69, 9.17) is 9.97 Å². The van der Waals surface area contributed by atoms with Crippen molar-refractivity contribution in [1.29, 1.82) is 0 Å². The van der Waals surface area contributed by atoms with Crippen LogP contribution in [0.3, 0.4) is 0 Å². The number of nitrogens with zero attached hydrogens (tertiary/aromatic N) is 2. The third-order valence-electron chi connectivity index (χ3n) is 5.36. The number of fused-ring (bicyclic) bond motifs is 1. The van der Waals surface area contributed by atoms with Crippen molar-refractivity contribution in [2.45, 2.75) is 63.4 Å². The molecule has 4 nitrogen and oxygen atoms in total. The normalized spacial score (nSPS) is 15.2. The highest BCUT2D eigenvalue weighted by molar-refractivity contribution is 8.00. The van der Waals surface area contributed by atoms with Crippen LogP contribution in [0.15, 0.2) is 22.5 Å². The minimum Gasteiger partial charge on any atom is -0.350 e. The van der Waals surface area contributed by atoms with Crippen molar-refractivity contribution in [2.75, 3.05) is 5.75 Å². The second-order valence-corrected chi connectivity index (χ2v) is 10.5. The zero-order chi connectivity index (χ0) is 19.5. The van der Waals surface area contributed by atoms with E-state index >= 15 is 0 Å². The number of hydrogen-bond donors (Lipinski definition) is 1. The van der Waals surface area contributed by atoms with Gasteiger partial charge in [-0.25, -0.2) is 9.97 Å². The number of thiophene rings is 2. The van der Waals surface area contributed by atoms with Gasteiger partial charge in [0.15, 0.2) is 0 Å². The van der Waals surface area contributed by atoms with Crippen LogP contribution in [-0.4, -0.2) is 21.6 Å². The Bertz CT molecular complexity index is 959. The molecule has 4 rings (SSSR count). The Morgan fingerprint density at radius 3 is 2.82 bits per heavy atom. The van der Waals surface area contributed by atoms with Crippen molar-refractivity contribution in [3.05, 3.63) is 38.7 Å². The minimum atomic E-state index is 0.0500.